The van der Waals surface area contributed by atoms with E-state index in [1.807, 2.05) is 37.3 Å². The number of rotatable bonds is 8. The highest BCUT2D eigenvalue weighted by Gasteiger charge is 2.20. The second-order valence-corrected chi connectivity index (χ2v) is 6.70. The first-order chi connectivity index (χ1) is 14.4. The van der Waals surface area contributed by atoms with Gasteiger partial charge in [0, 0.05) is 24.9 Å². The van der Waals surface area contributed by atoms with Crippen LogP contribution in [-0.4, -0.2) is 38.8 Å². The molecule has 0 bridgehead atoms. The van der Waals surface area contributed by atoms with Gasteiger partial charge in [0.05, 0.1) is 10.9 Å². The van der Waals surface area contributed by atoms with Gasteiger partial charge in [-0.25, -0.2) is 9.78 Å². The Hall–Kier alpha value is -3.48. The molecular weight excluding hydrogens is 384 g/mol. The van der Waals surface area contributed by atoms with Crippen molar-refractivity contribution >= 4 is 28.9 Å². The average Bonchev–Trinajstić information content (AvgIpc) is 3.08. The van der Waals surface area contributed by atoms with Gasteiger partial charge >= 0.3 is 5.97 Å². The van der Waals surface area contributed by atoms with Crippen LogP contribution in [-0.2, 0) is 20.9 Å². The lowest BCUT2D eigenvalue weighted by Crippen LogP contribution is -2.26. The zero-order valence-electron chi connectivity index (χ0n) is 17.4. The number of carbonyl (C=O) groups excluding carboxylic acids is 2. The summed E-state index contributed by atoms with van der Waals surface area (Å²) in [5.74, 6) is -0.941. The Morgan fingerprint density at radius 1 is 1.20 bits per heavy atom. The molecule has 0 aliphatic carbocycles. The molecule has 1 unspecified atom stereocenters. The summed E-state index contributed by atoms with van der Waals surface area (Å²) >= 11 is 0. The molecule has 7 nitrogen and oxygen atoms in total. The monoisotopic (exact) mass is 410 g/mol. The molecule has 7 heteroatoms. The predicted octanol–water partition coefficient (Wildman–Crippen LogP) is 3.80. The largest absolute Gasteiger partial charge is 0.479 e. The van der Waals surface area contributed by atoms with Gasteiger partial charge in [-0.3, -0.25) is 9.59 Å². The van der Waals surface area contributed by atoms with Crippen LogP contribution in [0.15, 0.2) is 48.7 Å². The Labute approximate surface area is 175 Å². The summed E-state index contributed by atoms with van der Waals surface area (Å²) in [6.45, 7) is 6.21. The van der Waals surface area contributed by atoms with Gasteiger partial charge in [-0.05, 0) is 31.0 Å². The lowest BCUT2D eigenvalue weighted by atomic mass is 10.2. The minimum absolute atomic E-state index is 0.323. The number of aromatic nitrogens is 2. The van der Waals surface area contributed by atoms with Gasteiger partial charge in [0.15, 0.2) is 18.2 Å². The first-order valence-corrected chi connectivity index (χ1v) is 9.77. The van der Waals surface area contributed by atoms with Crippen LogP contribution >= 0.6 is 0 Å². The molecule has 0 saturated carbocycles. The second-order valence-electron chi connectivity index (χ2n) is 6.70. The molecule has 2 aromatic heterocycles. The molecule has 30 heavy (non-hydrogen) atoms. The summed E-state index contributed by atoms with van der Waals surface area (Å²) in [5, 5.41) is 10.0. The summed E-state index contributed by atoms with van der Waals surface area (Å²) in [4.78, 5) is 34.7. The number of Topliss-reactive ketones (excluding diaryl/α,β-unsaturated/α-hetero) is 1. The van der Waals surface area contributed by atoms with Gasteiger partial charge in [0.1, 0.15) is 0 Å². The second kappa shape index (κ2) is 10.9. The van der Waals surface area contributed by atoms with E-state index < -0.39 is 12.1 Å². The number of carbonyl (C=O) groups is 3. The minimum Gasteiger partial charge on any atom is -0.479 e. The number of ether oxygens (including phenoxy) is 1. The quantitative estimate of drug-likeness (QED) is 0.448. The number of pyridine rings is 1. The van der Waals surface area contributed by atoms with Crippen LogP contribution in [0.5, 0.6) is 5.88 Å². The maximum atomic E-state index is 11.2. The molecule has 3 aromatic rings. The van der Waals surface area contributed by atoms with Crippen LogP contribution in [0.4, 0.5) is 0 Å². The van der Waals surface area contributed by atoms with Crippen LogP contribution in [0.1, 0.15) is 37.9 Å². The van der Waals surface area contributed by atoms with E-state index in [1.54, 1.807) is 20.0 Å². The number of fused-ring (bicyclic) bond motifs is 1. The smallest absolute Gasteiger partial charge is 0.344 e. The highest BCUT2D eigenvalue weighted by Crippen LogP contribution is 2.28. The fraction of sp³-hybridized carbons (Fsp3) is 0.304. The Kier molecular flexibility index (Phi) is 8.29. The van der Waals surface area contributed by atoms with Crippen molar-refractivity contribution in [3.63, 3.8) is 0 Å². The third kappa shape index (κ3) is 5.76. The number of hydrogen-bond acceptors (Lipinski definition) is 5. The van der Waals surface area contributed by atoms with E-state index in [9.17, 15) is 19.5 Å². The molecule has 0 aliphatic rings. The van der Waals surface area contributed by atoms with Gasteiger partial charge in [0.2, 0.25) is 5.88 Å². The maximum absolute atomic E-state index is 11.2. The number of carboxylic acid groups (broad SMARTS) is 1. The van der Waals surface area contributed by atoms with E-state index in [2.05, 4.69) is 21.7 Å². The molecule has 3 rings (SSSR count). The van der Waals surface area contributed by atoms with Gasteiger partial charge in [0.25, 0.3) is 0 Å². The number of aldehydes is 1. The van der Waals surface area contributed by atoms with Crippen LogP contribution in [0, 0.1) is 6.92 Å². The maximum Gasteiger partial charge on any atom is 0.344 e. The van der Waals surface area contributed by atoms with Crippen molar-refractivity contribution in [2.75, 3.05) is 0 Å². The Morgan fingerprint density at radius 2 is 1.90 bits per heavy atom. The minimum atomic E-state index is -0.975. The zero-order chi connectivity index (χ0) is 22.1. The highest BCUT2D eigenvalue weighted by molar-refractivity contribution is 6.24. The van der Waals surface area contributed by atoms with Crippen molar-refractivity contribution in [2.45, 2.75) is 46.3 Å². The Morgan fingerprint density at radius 3 is 2.43 bits per heavy atom. The molecule has 1 atom stereocenters. The molecule has 0 spiro atoms. The number of benzene rings is 1. The first-order valence-electron chi connectivity index (χ1n) is 9.77. The van der Waals surface area contributed by atoms with Crippen molar-refractivity contribution in [1.82, 2.24) is 9.55 Å². The Balaban J connectivity index is 0.000000469. The number of hydrogen-bond donors (Lipinski definition) is 1. The zero-order valence-corrected chi connectivity index (χ0v) is 17.4. The molecule has 1 N–H and O–H groups in total. The van der Waals surface area contributed by atoms with Gasteiger partial charge in [-0.15, -0.1) is 0 Å². The van der Waals surface area contributed by atoms with Gasteiger partial charge in [-0.2, -0.15) is 0 Å². The number of ketones is 1. The van der Waals surface area contributed by atoms with Crippen molar-refractivity contribution in [2.24, 2.45) is 0 Å². The number of carboxylic acids is 1. The fourth-order valence-electron chi connectivity index (χ4n) is 2.89. The van der Waals surface area contributed by atoms with Gasteiger partial charge in [-0.1, -0.05) is 44.2 Å². The van der Waals surface area contributed by atoms with E-state index in [0.717, 1.165) is 23.1 Å². The number of aryl methyl sites for hydroxylation is 1. The summed E-state index contributed by atoms with van der Waals surface area (Å²) in [6.07, 6.45) is 1.81. The summed E-state index contributed by atoms with van der Waals surface area (Å²) in [6, 6.07) is 14.1. The van der Waals surface area contributed by atoms with Crippen molar-refractivity contribution in [1.29, 1.82) is 0 Å². The van der Waals surface area contributed by atoms with Crippen LogP contribution < -0.4 is 4.74 Å². The molecule has 0 saturated heterocycles. The molecule has 0 radical (unpaired) electrons. The molecule has 0 aliphatic heterocycles. The van der Waals surface area contributed by atoms with E-state index >= 15 is 0 Å². The summed E-state index contributed by atoms with van der Waals surface area (Å²) < 4.78 is 7.81. The van der Waals surface area contributed by atoms with E-state index in [1.165, 1.54) is 5.56 Å². The predicted molar refractivity (Wildman–Crippen MR) is 114 cm³/mol. The first kappa shape index (κ1) is 22.8. The molecule has 2 heterocycles. The lowest BCUT2D eigenvalue weighted by Gasteiger charge is -2.13. The summed E-state index contributed by atoms with van der Waals surface area (Å²) in [7, 11) is 0. The van der Waals surface area contributed by atoms with Crippen LogP contribution in [0.2, 0.25) is 0 Å². The molecular formula is C23H26N2O5. The molecule has 1 aromatic carbocycles. The normalized spacial score (nSPS) is 11.3. The fourth-order valence-corrected chi connectivity index (χ4v) is 2.89. The standard InChI is InChI=1S/C19H20N2O3.C4H6O2/c1-3-17(19(22)23)24-18-15-11-13(2)21(16(15)9-10-20-18)12-14-7-5-4-6-8-14;1-2-4(6)3-5/h4-11,17H,3,12H2,1-2H3,(H,22,23);3H,2H2,1H3. The van der Waals surface area contributed by atoms with Crippen LogP contribution in [0.25, 0.3) is 10.9 Å². The highest BCUT2D eigenvalue weighted by atomic mass is 16.5. The van der Waals surface area contributed by atoms with E-state index in [4.69, 9.17) is 4.74 Å². The molecule has 0 amide bonds. The van der Waals surface area contributed by atoms with Crippen molar-refractivity contribution in [3.05, 3.63) is 59.9 Å². The molecule has 158 valence electrons. The topological polar surface area (TPSA) is 98.5 Å². The van der Waals surface area contributed by atoms with Crippen LogP contribution in [0.3, 0.4) is 0 Å². The van der Waals surface area contributed by atoms with E-state index in [0.29, 0.717) is 25.0 Å². The summed E-state index contributed by atoms with van der Waals surface area (Å²) in [5.41, 5.74) is 3.27. The SMILES string of the molecule is CCC(=O)C=O.CCC(Oc1nccc2c1cc(C)n2Cc1ccccc1)C(=O)O. The average molecular weight is 410 g/mol. The third-order valence-corrected chi connectivity index (χ3v) is 4.56. The van der Waals surface area contributed by atoms with E-state index in [-0.39, 0.29) is 5.78 Å². The van der Waals surface area contributed by atoms with Crippen molar-refractivity contribution in [3.8, 4) is 5.88 Å². The lowest BCUT2D eigenvalue weighted by molar-refractivity contribution is -0.145. The third-order valence-electron chi connectivity index (χ3n) is 4.56. The van der Waals surface area contributed by atoms with Crippen molar-refractivity contribution < 1.29 is 24.2 Å². The number of aliphatic carboxylic acids is 1. The Bertz CT molecular complexity index is 1010. The molecule has 0 fully saturated rings. The van der Waals surface area contributed by atoms with Gasteiger partial charge < -0.3 is 14.4 Å². The number of nitrogens with zero attached hydrogens (tertiary/aromatic N) is 2.